The molecule has 3 N–H and O–H groups in total. The second kappa shape index (κ2) is 4.29. The van der Waals surface area contributed by atoms with Gasteiger partial charge in [-0.2, -0.15) is 0 Å². The summed E-state index contributed by atoms with van der Waals surface area (Å²) in [6.07, 6.45) is 3.01. The van der Waals surface area contributed by atoms with Gasteiger partial charge in [0.25, 0.3) is 0 Å². The van der Waals surface area contributed by atoms with Crippen molar-refractivity contribution < 1.29 is 14.6 Å². The highest BCUT2D eigenvalue weighted by atomic mass is 19.1. The SMILES string of the molecule is Cc1cc(C2CCCCN2)c(F)c(O)c1O. The van der Waals surface area contributed by atoms with Crippen LogP contribution in [0.5, 0.6) is 11.5 Å². The number of nitrogens with one attached hydrogen (secondary N) is 1. The number of hydrogen-bond acceptors (Lipinski definition) is 3. The topological polar surface area (TPSA) is 52.5 Å². The molecule has 1 unspecified atom stereocenters. The standard InChI is InChI=1S/C12H16FNO2/c1-7-6-8(9-4-2-3-5-14-9)10(13)12(16)11(7)15/h6,9,14-16H,2-5H2,1H3. The lowest BCUT2D eigenvalue weighted by atomic mass is 9.95. The number of aryl methyl sites for hydroxylation is 1. The zero-order valence-corrected chi connectivity index (χ0v) is 9.26. The molecule has 1 atom stereocenters. The van der Waals surface area contributed by atoms with E-state index in [2.05, 4.69) is 5.32 Å². The summed E-state index contributed by atoms with van der Waals surface area (Å²) in [5, 5.41) is 22.1. The zero-order valence-electron chi connectivity index (χ0n) is 9.26. The molecule has 0 radical (unpaired) electrons. The van der Waals surface area contributed by atoms with E-state index in [9.17, 15) is 14.6 Å². The Balaban J connectivity index is 2.40. The zero-order chi connectivity index (χ0) is 11.7. The van der Waals surface area contributed by atoms with E-state index >= 15 is 0 Å². The smallest absolute Gasteiger partial charge is 0.194 e. The molecule has 1 aliphatic rings. The second-order valence-corrected chi connectivity index (χ2v) is 4.30. The predicted molar refractivity (Wildman–Crippen MR) is 59.1 cm³/mol. The van der Waals surface area contributed by atoms with E-state index in [4.69, 9.17) is 0 Å². The molecule has 2 rings (SSSR count). The Morgan fingerprint density at radius 1 is 1.31 bits per heavy atom. The van der Waals surface area contributed by atoms with Crippen molar-refractivity contribution in [1.29, 1.82) is 0 Å². The van der Waals surface area contributed by atoms with Crippen LogP contribution >= 0.6 is 0 Å². The molecule has 0 aliphatic carbocycles. The molecule has 16 heavy (non-hydrogen) atoms. The average molecular weight is 225 g/mol. The third kappa shape index (κ3) is 1.85. The summed E-state index contributed by atoms with van der Waals surface area (Å²) in [6, 6.07) is 1.55. The first-order valence-electron chi connectivity index (χ1n) is 5.55. The Labute approximate surface area is 93.9 Å². The van der Waals surface area contributed by atoms with Gasteiger partial charge in [0.05, 0.1) is 0 Å². The Kier molecular flexibility index (Phi) is 3.01. The number of aromatic hydroxyl groups is 2. The summed E-state index contributed by atoms with van der Waals surface area (Å²) in [5.74, 6) is -1.71. The van der Waals surface area contributed by atoms with Crippen molar-refractivity contribution in [1.82, 2.24) is 5.32 Å². The fourth-order valence-corrected chi connectivity index (χ4v) is 2.16. The predicted octanol–water partition coefficient (Wildman–Crippen LogP) is 2.36. The monoisotopic (exact) mass is 225 g/mol. The van der Waals surface area contributed by atoms with Gasteiger partial charge in [0.2, 0.25) is 0 Å². The minimum atomic E-state index is -0.706. The Hall–Kier alpha value is -1.29. The van der Waals surface area contributed by atoms with Crippen LogP contribution in [-0.4, -0.2) is 16.8 Å². The fraction of sp³-hybridized carbons (Fsp3) is 0.500. The van der Waals surface area contributed by atoms with Gasteiger partial charge >= 0.3 is 0 Å². The van der Waals surface area contributed by atoms with Gasteiger partial charge in [-0.05, 0) is 37.9 Å². The van der Waals surface area contributed by atoms with E-state index in [0.29, 0.717) is 11.1 Å². The molecule has 1 heterocycles. The van der Waals surface area contributed by atoms with Crippen molar-refractivity contribution in [2.75, 3.05) is 6.54 Å². The maximum Gasteiger partial charge on any atom is 0.194 e. The van der Waals surface area contributed by atoms with Gasteiger partial charge in [-0.3, -0.25) is 0 Å². The molecule has 0 amide bonds. The van der Waals surface area contributed by atoms with Crippen LogP contribution in [0.2, 0.25) is 0 Å². The largest absolute Gasteiger partial charge is 0.504 e. The summed E-state index contributed by atoms with van der Waals surface area (Å²) in [5.41, 5.74) is 0.953. The third-order valence-corrected chi connectivity index (χ3v) is 3.12. The van der Waals surface area contributed by atoms with Crippen LogP contribution in [0.25, 0.3) is 0 Å². The van der Waals surface area contributed by atoms with E-state index in [-0.39, 0.29) is 11.8 Å². The molecular formula is C12H16FNO2. The number of phenolic OH excluding ortho intramolecular Hbond substituents is 2. The average Bonchev–Trinajstić information content (AvgIpc) is 2.32. The Morgan fingerprint density at radius 3 is 2.69 bits per heavy atom. The van der Waals surface area contributed by atoms with Crippen LogP contribution in [-0.2, 0) is 0 Å². The van der Waals surface area contributed by atoms with E-state index in [1.807, 2.05) is 0 Å². The lowest BCUT2D eigenvalue weighted by molar-refractivity contribution is 0.358. The van der Waals surface area contributed by atoms with Crippen molar-refractivity contribution in [3.63, 3.8) is 0 Å². The lowest BCUT2D eigenvalue weighted by Gasteiger charge is -2.25. The molecule has 0 saturated carbocycles. The molecule has 1 aliphatic heterocycles. The van der Waals surface area contributed by atoms with Gasteiger partial charge in [0.1, 0.15) is 0 Å². The second-order valence-electron chi connectivity index (χ2n) is 4.30. The van der Waals surface area contributed by atoms with Crippen molar-refractivity contribution in [2.24, 2.45) is 0 Å². The highest BCUT2D eigenvalue weighted by molar-refractivity contribution is 5.49. The molecule has 0 aromatic heterocycles. The number of phenols is 2. The van der Waals surface area contributed by atoms with E-state index in [0.717, 1.165) is 25.8 Å². The van der Waals surface area contributed by atoms with Gasteiger partial charge < -0.3 is 15.5 Å². The maximum absolute atomic E-state index is 13.8. The summed E-state index contributed by atoms with van der Waals surface area (Å²) in [4.78, 5) is 0. The molecule has 3 nitrogen and oxygen atoms in total. The van der Waals surface area contributed by atoms with E-state index in [1.165, 1.54) is 0 Å². The molecule has 0 spiro atoms. The summed E-state index contributed by atoms with van der Waals surface area (Å²) in [6.45, 7) is 2.52. The molecule has 1 aromatic rings. The number of rotatable bonds is 1. The number of hydrogen-bond donors (Lipinski definition) is 3. The van der Waals surface area contributed by atoms with E-state index in [1.54, 1.807) is 13.0 Å². The van der Waals surface area contributed by atoms with Gasteiger partial charge in [-0.25, -0.2) is 4.39 Å². The minimum absolute atomic E-state index is 0.0565. The normalized spacial score (nSPS) is 21.0. The summed E-state index contributed by atoms with van der Waals surface area (Å²) >= 11 is 0. The Bertz CT molecular complexity index is 400. The molecule has 88 valence electrons. The molecule has 0 bridgehead atoms. The van der Waals surface area contributed by atoms with Crippen LogP contribution in [0, 0.1) is 12.7 Å². The van der Waals surface area contributed by atoms with Crippen molar-refractivity contribution in [3.8, 4) is 11.5 Å². The first-order chi connectivity index (χ1) is 7.61. The van der Waals surface area contributed by atoms with E-state index < -0.39 is 11.6 Å². The van der Waals surface area contributed by atoms with Gasteiger partial charge in [0, 0.05) is 11.6 Å². The highest BCUT2D eigenvalue weighted by Crippen LogP contribution is 2.37. The van der Waals surface area contributed by atoms with Crippen molar-refractivity contribution >= 4 is 0 Å². The summed E-state index contributed by atoms with van der Waals surface area (Å²) in [7, 11) is 0. The molecule has 4 heteroatoms. The lowest BCUT2D eigenvalue weighted by Crippen LogP contribution is -2.27. The summed E-state index contributed by atoms with van der Waals surface area (Å²) < 4.78 is 13.8. The molecule has 1 saturated heterocycles. The van der Waals surface area contributed by atoms with Gasteiger partial charge in [-0.15, -0.1) is 0 Å². The van der Waals surface area contributed by atoms with Crippen LogP contribution in [0.4, 0.5) is 4.39 Å². The highest BCUT2D eigenvalue weighted by Gasteiger charge is 2.23. The molecular weight excluding hydrogens is 209 g/mol. The van der Waals surface area contributed by atoms with Crippen LogP contribution < -0.4 is 5.32 Å². The maximum atomic E-state index is 13.8. The fourth-order valence-electron chi connectivity index (χ4n) is 2.16. The first kappa shape index (κ1) is 11.2. The van der Waals surface area contributed by atoms with Crippen LogP contribution in [0.3, 0.4) is 0 Å². The van der Waals surface area contributed by atoms with Crippen molar-refractivity contribution in [2.45, 2.75) is 32.2 Å². The quantitative estimate of drug-likeness (QED) is 0.643. The van der Waals surface area contributed by atoms with Crippen LogP contribution in [0.1, 0.15) is 36.4 Å². The Morgan fingerprint density at radius 2 is 2.06 bits per heavy atom. The third-order valence-electron chi connectivity index (χ3n) is 3.12. The number of benzene rings is 1. The number of halogens is 1. The molecule has 1 fully saturated rings. The van der Waals surface area contributed by atoms with Crippen LogP contribution in [0.15, 0.2) is 6.07 Å². The van der Waals surface area contributed by atoms with Crippen molar-refractivity contribution in [3.05, 3.63) is 23.0 Å². The van der Waals surface area contributed by atoms with Gasteiger partial charge in [0.15, 0.2) is 17.3 Å². The first-order valence-corrected chi connectivity index (χ1v) is 5.55. The molecule has 1 aromatic carbocycles. The van der Waals surface area contributed by atoms with Gasteiger partial charge in [-0.1, -0.05) is 6.42 Å². The minimum Gasteiger partial charge on any atom is -0.504 e. The number of piperidine rings is 1.